The molecular formula is C20H28N4O3. The number of amides is 1. The second kappa shape index (κ2) is 8.08. The van der Waals surface area contributed by atoms with Gasteiger partial charge in [0.25, 0.3) is 5.91 Å². The van der Waals surface area contributed by atoms with Crippen molar-refractivity contribution in [2.45, 2.75) is 52.4 Å². The van der Waals surface area contributed by atoms with Crippen LogP contribution in [0, 0.1) is 6.92 Å². The summed E-state index contributed by atoms with van der Waals surface area (Å²) in [6.07, 6.45) is 3.58. The van der Waals surface area contributed by atoms with Crippen molar-refractivity contribution < 1.29 is 9.21 Å². The van der Waals surface area contributed by atoms with Gasteiger partial charge in [-0.2, -0.15) is 5.10 Å². The molecule has 1 amide bonds. The number of anilines is 1. The Balaban J connectivity index is 1.89. The van der Waals surface area contributed by atoms with Gasteiger partial charge in [0.1, 0.15) is 17.1 Å². The van der Waals surface area contributed by atoms with E-state index >= 15 is 0 Å². The number of hydrogen-bond acceptors (Lipinski definition) is 5. The van der Waals surface area contributed by atoms with Gasteiger partial charge < -0.3 is 15.1 Å². The van der Waals surface area contributed by atoms with Crippen molar-refractivity contribution in [3.05, 3.63) is 44.6 Å². The van der Waals surface area contributed by atoms with Crippen LogP contribution < -0.4 is 16.3 Å². The Bertz CT molecular complexity index is 891. The monoisotopic (exact) mass is 372 g/mol. The first kappa shape index (κ1) is 19.4. The molecular weight excluding hydrogens is 344 g/mol. The predicted octanol–water partition coefficient (Wildman–Crippen LogP) is 2.53. The van der Waals surface area contributed by atoms with Gasteiger partial charge in [0.15, 0.2) is 0 Å². The molecule has 1 aliphatic rings. The highest BCUT2D eigenvalue weighted by Gasteiger charge is 2.24. The topological polar surface area (TPSA) is 89.2 Å². The van der Waals surface area contributed by atoms with Gasteiger partial charge in [0.05, 0.1) is 5.69 Å². The third-order valence-electron chi connectivity index (χ3n) is 5.24. The van der Waals surface area contributed by atoms with E-state index in [1.54, 1.807) is 18.7 Å². The number of piperidine rings is 1. The Kier molecular flexibility index (Phi) is 5.79. The van der Waals surface area contributed by atoms with E-state index in [-0.39, 0.29) is 11.5 Å². The van der Waals surface area contributed by atoms with E-state index in [0.717, 1.165) is 50.0 Å². The molecule has 1 aliphatic heterocycles. The van der Waals surface area contributed by atoms with E-state index in [4.69, 9.17) is 4.42 Å². The summed E-state index contributed by atoms with van der Waals surface area (Å²) in [5.41, 5.74) is 2.08. The SMILES string of the molecule is CCc1nn(C)c(NC(=O)c2c(C)cc(C3CCCNC3)oc2=O)c1CC. The van der Waals surface area contributed by atoms with Gasteiger partial charge in [-0.05, 0) is 50.8 Å². The van der Waals surface area contributed by atoms with Crippen molar-refractivity contribution in [3.8, 4) is 0 Å². The molecule has 1 saturated heterocycles. The average Bonchev–Trinajstić information content (AvgIpc) is 2.96. The first-order chi connectivity index (χ1) is 13.0. The molecule has 0 saturated carbocycles. The van der Waals surface area contributed by atoms with Crippen molar-refractivity contribution in [3.63, 3.8) is 0 Å². The molecule has 1 fully saturated rings. The zero-order valence-electron chi connectivity index (χ0n) is 16.5. The largest absolute Gasteiger partial charge is 0.427 e. The first-order valence-electron chi connectivity index (χ1n) is 9.67. The Morgan fingerprint density at radius 1 is 1.41 bits per heavy atom. The first-order valence-corrected chi connectivity index (χ1v) is 9.67. The maximum absolute atomic E-state index is 12.8. The molecule has 3 rings (SSSR count). The highest BCUT2D eigenvalue weighted by atomic mass is 16.4. The molecule has 2 aromatic heterocycles. The minimum Gasteiger partial charge on any atom is -0.427 e. The molecule has 1 atom stereocenters. The number of carbonyl (C=O) groups is 1. The molecule has 0 spiro atoms. The van der Waals surface area contributed by atoms with Crippen LogP contribution in [-0.2, 0) is 19.9 Å². The highest BCUT2D eigenvalue weighted by Crippen LogP contribution is 2.25. The van der Waals surface area contributed by atoms with Crippen molar-refractivity contribution in [2.24, 2.45) is 7.05 Å². The molecule has 0 aliphatic carbocycles. The van der Waals surface area contributed by atoms with Crippen LogP contribution in [0.15, 0.2) is 15.3 Å². The Morgan fingerprint density at radius 3 is 2.78 bits per heavy atom. The molecule has 2 aromatic rings. The van der Waals surface area contributed by atoms with Crippen LogP contribution in [0.25, 0.3) is 0 Å². The number of nitrogens with zero attached hydrogens (tertiary/aromatic N) is 2. The lowest BCUT2D eigenvalue weighted by molar-refractivity contribution is 0.102. The van der Waals surface area contributed by atoms with Gasteiger partial charge in [-0.25, -0.2) is 4.79 Å². The fourth-order valence-electron chi connectivity index (χ4n) is 3.81. The highest BCUT2D eigenvalue weighted by molar-refractivity contribution is 6.04. The average molecular weight is 372 g/mol. The summed E-state index contributed by atoms with van der Waals surface area (Å²) in [5.74, 6) is 1.02. The van der Waals surface area contributed by atoms with Crippen LogP contribution >= 0.6 is 0 Å². The molecule has 0 aromatic carbocycles. The fourth-order valence-corrected chi connectivity index (χ4v) is 3.81. The van der Waals surface area contributed by atoms with E-state index in [9.17, 15) is 9.59 Å². The second-order valence-corrected chi connectivity index (χ2v) is 7.10. The number of nitrogens with one attached hydrogen (secondary N) is 2. The maximum atomic E-state index is 12.8. The van der Waals surface area contributed by atoms with Gasteiger partial charge in [-0.1, -0.05) is 13.8 Å². The number of hydrogen-bond donors (Lipinski definition) is 2. The molecule has 146 valence electrons. The van der Waals surface area contributed by atoms with Crippen LogP contribution in [-0.4, -0.2) is 28.8 Å². The number of aromatic nitrogens is 2. The number of rotatable bonds is 5. The maximum Gasteiger partial charge on any atom is 0.349 e. The van der Waals surface area contributed by atoms with Crippen LogP contribution in [0.2, 0.25) is 0 Å². The Morgan fingerprint density at radius 2 is 2.19 bits per heavy atom. The molecule has 0 radical (unpaired) electrons. The number of aryl methyl sites for hydroxylation is 3. The summed E-state index contributed by atoms with van der Waals surface area (Å²) in [6, 6.07) is 1.83. The van der Waals surface area contributed by atoms with Gasteiger partial charge in [-0.15, -0.1) is 0 Å². The minimum atomic E-state index is -0.580. The zero-order chi connectivity index (χ0) is 19.6. The summed E-state index contributed by atoms with van der Waals surface area (Å²) >= 11 is 0. The van der Waals surface area contributed by atoms with Gasteiger partial charge in [0, 0.05) is 25.1 Å². The van der Waals surface area contributed by atoms with E-state index in [1.807, 2.05) is 19.9 Å². The molecule has 2 N–H and O–H groups in total. The molecule has 7 heteroatoms. The van der Waals surface area contributed by atoms with Crippen LogP contribution in [0.5, 0.6) is 0 Å². The van der Waals surface area contributed by atoms with Crippen molar-refractivity contribution >= 4 is 11.7 Å². The lowest BCUT2D eigenvalue weighted by atomic mass is 9.95. The van der Waals surface area contributed by atoms with Gasteiger partial charge >= 0.3 is 5.63 Å². The lowest BCUT2D eigenvalue weighted by Crippen LogP contribution is -2.30. The normalized spacial score (nSPS) is 17.1. The van der Waals surface area contributed by atoms with Crippen LogP contribution in [0.1, 0.15) is 65.5 Å². The summed E-state index contributed by atoms with van der Waals surface area (Å²) in [7, 11) is 1.79. The van der Waals surface area contributed by atoms with Crippen LogP contribution in [0.4, 0.5) is 5.82 Å². The number of carbonyl (C=O) groups excluding carboxylic acids is 1. The quantitative estimate of drug-likeness (QED) is 0.842. The van der Waals surface area contributed by atoms with Crippen LogP contribution in [0.3, 0.4) is 0 Å². The predicted molar refractivity (Wildman–Crippen MR) is 104 cm³/mol. The zero-order valence-corrected chi connectivity index (χ0v) is 16.5. The molecule has 0 bridgehead atoms. The fraction of sp³-hybridized carbons (Fsp3) is 0.550. The van der Waals surface area contributed by atoms with Gasteiger partial charge in [0.2, 0.25) is 0 Å². The van der Waals surface area contributed by atoms with Crippen molar-refractivity contribution in [2.75, 3.05) is 18.4 Å². The second-order valence-electron chi connectivity index (χ2n) is 7.10. The Hall–Kier alpha value is -2.41. The summed E-state index contributed by atoms with van der Waals surface area (Å²) in [4.78, 5) is 25.4. The standard InChI is InChI=1S/C20H28N4O3/c1-5-14-15(6-2)23-24(4)18(14)22-19(25)17-12(3)10-16(27-20(17)26)13-8-7-9-21-11-13/h10,13,21H,5-9,11H2,1-4H3,(H,22,25). The van der Waals surface area contributed by atoms with E-state index < -0.39 is 11.5 Å². The van der Waals surface area contributed by atoms with Crippen molar-refractivity contribution in [1.29, 1.82) is 0 Å². The third-order valence-corrected chi connectivity index (χ3v) is 5.24. The van der Waals surface area contributed by atoms with E-state index in [2.05, 4.69) is 15.7 Å². The summed E-state index contributed by atoms with van der Waals surface area (Å²) in [5, 5.41) is 10.6. The third kappa shape index (κ3) is 3.83. The van der Waals surface area contributed by atoms with Crippen molar-refractivity contribution in [1.82, 2.24) is 15.1 Å². The molecule has 27 heavy (non-hydrogen) atoms. The lowest BCUT2D eigenvalue weighted by Gasteiger charge is -2.22. The van der Waals surface area contributed by atoms with E-state index in [0.29, 0.717) is 17.1 Å². The minimum absolute atomic E-state index is 0.0591. The molecule has 3 heterocycles. The summed E-state index contributed by atoms with van der Waals surface area (Å²) in [6.45, 7) is 7.63. The molecule has 1 unspecified atom stereocenters. The van der Waals surface area contributed by atoms with Gasteiger partial charge in [-0.3, -0.25) is 9.48 Å². The smallest absolute Gasteiger partial charge is 0.349 e. The molecule has 7 nitrogen and oxygen atoms in total. The van der Waals surface area contributed by atoms with E-state index in [1.165, 1.54) is 0 Å². The summed E-state index contributed by atoms with van der Waals surface area (Å²) < 4.78 is 7.18. The Labute approximate surface area is 159 Å².